The lowest BCUT2D eigenvalue weighted by atomic mass is 9.98. The molecule has 0 saturated carbocycles. The Kier molecular flexibility index (Phi) is 6.06. The van der Waals surface area contributed by atoms with E-state index < -0.39 is 38.7 Å². The molecule has 1 amide bonds. The molecule has 2 atom stereocenters. The topological polar surface area (TPSA) is 108 Å². The summed E-state index contributed by atoms with van der Waals surface area (Å²) in [7, 11) is -2.35. The second-order valence-corrected chi connectivity index (χ2v) is 9.20. The highest BCUT2D eigenvalue weighted by atomic mass is 32.2. The zero-order valence-corrected chi connectivity index (χ0v) is 17.1. The normalized spacial score (nSPS) is 17.2. The van der Waals surface area contributed by atoms with Crippen molar-refractivity contribution in [3.8, 4) is 16.9 Å². The van der Waals surface area contributed by atoms with Crippen LogP contribution < -0.4 is 10.5 Å². The van der Waals surface area contributed by atoms with Crippen LogP contribution in [-0.2, 0) is 19.5 Å². The summed E-state index contributed by atoms with van der Waals surface area (Å²) in [5.41, 5.74) is 6.51. The van der Waals surface area contributed by atoms with E-state index in [4.69, 9.17) is 15.3 Å². The van der Waals surface area contributed by atoms with E-state index in [1.54, 1.807) is 24.3 Å². The Labute approximate surface area is 172 Å². The second-order valence-electron chi connectivity index (χ2n) is 6.97. The number of methoxy groups -OCH3 is 1. The number of nitrogens with zero attached hydrogens (tertiary/aromatic N) is 1. The second kappa shape index (κ2) is 8.39. The summed E-state index contributed by atoms with van der Waals surface area (Å²) in [6.07, 6.45) is 0.476. The summed E-state index contributed by atoms with van der Waals surface area (Å²) in [6.45, 7) is 0. The number of rotatable bonds is 7. The molecule has 1 heterocycles. The van der Waals surface area contributed by atoms with Crippen molar-refractivity contribution >= 4 is 21.5 Å². The van der Waals surface area contributed by atoms with E-state index >= 15 is 0 Å². The van der Waals surface area contributed by atoms with E-state index in [2.05, 4.69) is 5.16 Å². The molecule has 0 radical (unpaired) electrons. The Bertz CT molecular complexity index is 1080. The van der Waals surface area contributed by atoms with Crippen LogP contribution in [0.5, 0.6) is 5.75 Å². The number of ether oxygens (including phenoxy) is 1. The van der Waals surface area contributed by atoms with Crippen molar-refractivity contribution in [3.63, 3.8) is 0 Å². The number of sulfone groups is 1. The van der Waals surface area contributed by atoms with Gasteiger partial charge in [-0.25, -0.2) is 17.2 Å². The van der Waals surface area contributed by atoms with Crippen LogP contribution in [0.15, 0.2) is 41.6 Å². The van der Waals surface area contributed by atoms with Gasteiger partial charge in [0.25, 0.3) is 0 Å². The first-order chi connectivity index (χ1) is 14.1. The van der Waals surface area contributed by atoms with Crippen molar-refractivity contribution in [2.24, 2.45) is 10.9 Å². The van der Waals surface area contributed by atoms with E-state index in [-0.39, 0.29) is 24.2 Å². The van der Waals surface area contributed by atoms with Crippen molar-refractivity contribution in [1.82, 2.24) is 0 Å². The number of primary amides is 1. The minimum atomic E-state index is -3.67. The van der Waals surface area contributed by atoms with Gasteiger partial charge in [0.2, 0.25) is 5.91 Å². The Morgan fingerprint density at radius 1 is 1.23 bits per heavy atom. The summed E-state index contributed by atoms with van der Waals surface area (Å²) in [4.78, 5) is 16.7. The minimum absolute atomic E-state index is 0.0808. The molecule has 1 aliphatic heterocycles. The fourth-order valence-corrected chi connectivity index (χ4v) is 4.22. The van der Waals surface area contributed by atoms with E-state index in [1.165, 1.54) is 7.11 Å². The van der Waals surface area contributed by atoms with Crippen molar-refractivity contribution in [1.29, 1.82) is 0 Å². The van der Waals surface area contributed by atoms with Crippen LogP contribution in [0.1, 0.15) is 18.4 Å². The summed E-state index contributed by atoms with van der Waals surface area (Å²) < 4.78 is 56.8. The highest BCUT2D eigenvalue weighted by Gasteiger charge is 2.33. The summed E-state index contributed by atoms with van der Waals surface area (Å²) >= 11 is 0. The molecule has 2 aromatic carbocycles. The largest absolute Gasteiger partial charge is 0.497 e. The van der Waals surface area contributed by atoms with Gasteiger partial charge in [0.05, 0.1) is 18.4 Å². The van der Waals surface area contributed by atoms with Crippen LogP contribution in [-0.4, -0.2) is 44.8 Å². The highest BCUT2D eigenvalue weighted by molar-refractivity contribution is 7.92. The SMILES string of the molecule is COc1cc(F)c(-c2ccc(C3=NOC(CC(C(N)=O)S(C)(=O)=O)C3)cc2)c(F)c1. The van der Waals surface area contributed by atoms with Gasteiger partial charge in [-0.1, -0.05) is 29.4 Å². The number of benzene rings is 2. The van der Waals surface area contributed by atoms with Gasteiger partial charge in [0.1, 0.15) is 28.7 Å². The number of hydrogen-bond donors (Lipinski definition) is 1. The average Bonchev–Trinajstić information content (AvgIpc) is 3.13. The lowest BCUT2D eigenvalue weighted by Crippen LogP contribution is -2.38. The first-order valence-corrected chi connectivity index (χ1v) is 10.9. The molecule has 10 heteroatoms. The molecule has 2 N–H and O–H groups in total. The number of oxime groups is 1. The van der Waals surface area contributed by atoms with Gasteiger partial charge in [-0.3, -0.25) is 4.79 Å². The van der Waals surface area contributed by atoms with Gasteiger partial charge in [-0.05, 0) is 11.1 Å². The number of hydrogen-bond acceptors (Lipinski definition) is 6. The number of carbonyl (C=O) groups is 1. The van der Waals surface area contributed by atoms with Crippen LogP contribution in [0.3, 0.4) is 0 Å². The van der Waals surface area contributed by atoms with Gasteiger partial charge in [0.15, 0.2) is 9.84 Å². The first kappa shape index (κ1) is 21.7. The number of amides is 1. The van der Waals surface area contributed by atoms with Gasteiger partial charge in [0, 0.05) is 31.2 Å². The van der Waals surface area contributed by atoms with Crippen molar-refractivity contribution in [2.75, 3.05) is 13.4 Å². The predicted molar refractivity (Wildman–Crippen MR) is 107 cm³/mol. The Hall–Kier alpha value is -3.01. The van der Waals surface area contributed by atoms with E-state index in [0.717, 1.165) is 18.4 Å². The Balaban J connectivity index is 1.75. The molecule has 0 aromatic heterocycles. The summed E-state index contributed by atoms with van der Waals surface area (Å²) in [5, 5.41) is 2.59. The standard InChI is InChI=1S/C20H20F2N2O5S/c1-28-13-7-15(21)19(16(22)8-13)12-5-3-11(4-6-12)17-9-14(29-24-17)10-18(20(23)25)30(2,26)27/h3-8,14,18H,9-10H2,1-2H3,(H2,23,25). The van der Waals surface area contributed by atoms with E-state index in [9.17, 15) is 22.0 Å². The number of halogens is 2. The Morgan fingerprint density at radius 2 is 1.80 bits per heavy atom. The van der Waals surface area contributed by atoms with E-state index in [0.29, 0.717) is 16.8 Å². The monoisotopic (exact) mass is 438 g/mol. The molecule has 2 unspecified atom stereocenters. The van der Waals surface area contributed by atoms with Crippen molar-refractivity contribution in [3.05, 3.63) is 53.6 Å². The molecule has 1 aliphatic rings. The smallest absolute Gasteiger partial charge is 0.235 e. The quantitative estimate of drug-likeness (QED) is 0.714. The zero-order valence-electron chi connectivity index (χ0n) is 16.3. The van der Waals surface area contributed by atoms with Crippen LogP contribution >= 0.6 is 0 Å². The molecule has 7 nitrogen and oxygen atoms in total. The molecule has 0 saturated heterocycles. The third kappa shape index (κ3) is 4.59. The zero-order chi connectivity index (χ0) is 22.1. The lowest BCUT2D eigenvalue weighted by molar-refractivity contribution is -0.118. The first-order valence-electron chi connectivity index (χ1n) is 8.95. The van der Waals surface area contributed by atoms with Gasteiger partial charge < -0.3 is 15.3 Å². The molecule has 0 fully saturated rings. The Morgan fingerprint density at radius 3 is 2.30 bits per heavy atom. The molecule has 0 spiro atoms. The van der Waals surface area contributed by atoms with Crippen LogP contribution in [0.25, 0.3) is 11.1 Å². The van der Waals surface area contributed by atoms with Crippen LogP contribution in [0.4, 0.5) is 8.78 Å². The van der Waals surface area contributed by atoms with Gasteiger partial charge in [-0.15, -0.1) is 0 Å². The molecule has 160 valence electrons. The third-order valence-corrected chi connectivity index (χ3v) is 6.26. The highest BCUT2D eigenvalue weighted by Crippen LogP contribution is 2.30. The molecule has 30 heavy (non-hydrogen) atoms. The van der Waals surface area contributed by atoms with Crippen molar-refractivity contribution < 1.29 is 31.6 Å². The average molecular weight is 438 g/mol. The lowest BCUT2D eigenvalue weighted by Gasteiger charge is -2.14. The fourth-order valence-electron chi connectivity index (χ4n) is 3.24. The maximum Gasteiger partial charge on any atom is 0.235 e. The molecular weight excluding hydrogens is 418 g/mol. The molecule has 0 aliphatic carbocycles. The predicted octanol–water partition coefficient (Wildman–Crippen LogP) is 2.42. The summed E-state index contributed by atoms with van der Waals surface area (Å²) in [5.74, 6) is -2.36. The third-order valence-electron chi connectivity index (χ3n) is 4.80. The fraction of sp³-hybridized carbons (Fsp3) is 0.300. The number of carbonyl (C=O) groups excluding carboxylic acids is 1. The summed E-state index contributed by atoms with van der Waals surface area (Å²) in [6, 6.07) is 8.55. The molecule has 2 aromatic rings. The van der Waals surface area contributed by atoms with Crippen molar-refractivity contribution in [2.45, 2.75) is 24.2 Å². The molecule has 3 rings (SSSR count). The van der Waals surface area contributed by atoms with Crippen LogP contribution in [0, 0.1) is 11.6 Å². The van der Waals surface area contributed by atoms with E-state index in [1.807, 2.05) is 0 Å². The van der Waals surface area contributed by atoms with Gasteiger partial charge in [-0.2, -0.15) is 0 Å². The maximum absolute atomic E-state index is 14.3. The maximum atomic E-state index is 14.3. The molecule has 0 bridgehead atoms. The number of nitrogens with two attached hydrogens (primary N) is 1. The van der Waals surface area contributed by atoms with Gasteiger partial charge >= 0.3 is 0 Å². The molecular formula is C20H20F2N2O5S. The van der Waals surface area contributed by atoms with Crippen LogP contribution in [0.2, 0.25) is 0 Å². The minimum Gasteiger partial charge on any atom is -0.497 e.